The Bertz CT molecular complexity index is 564. The van der Waals surface area contributed by atoms with Gasteiger partial charge in [-0.05, 0) is 65.2 Å². The zero-order valence-electron chi connectivity index (χ0n) is 16.2. The van der Waals surface area contributed by atoms with Crippen molar-refractivity contribution < 1.29 is 0 Å². The van der Waals surface area contributed by atoms with Crippen molar-refractivity contribution in [2.24, 2.45) is 0 Å². The van der Waals surface area contributed by atoms with Gasteiger partial charge in [0.25, 0.3) is 0 Å². The zero-order valence-corrected chi connectivity index (χ0v) is 16.2. The van der Waals surface area contributed by atoms with Gasteiger partial charge in [-0.2, -0.15) is 10.5 Å². The van der Waals surface area contributed by atoms with E-state index in [0.717, 1.165) is 51.5 Å². The van der Waals surface area contributed by atoms with Crippen molar-refractivity contribution in [2.75, 3.05) is 58.9 Å². The van der Waals surface area contributed by atoms with Crippen LogP contribution >= 0.6 is 0 Å². The second-order valence-electron chi connectivity index (χ2n) is 7.83. The summed E-state index contributed by atoms with van der Waals surface area (Å²) < 4.78 is 0. The second kappa shape index (κ2) is 9.26. The summed E-state index contributed by atoms with van der Waals surface area (Å²) in [4.78, 5) is 9.60. The molecule has 0 aliphatic carbocycles. The average molecular weight is 357 g/mol. The van der Waals surface area contributed by atoms with Crippen LogP contribution in [0.1, 0.15) is 39.0 Å². The predicted molar refractivity (Wildman–Crippen MR) is 102 cm³/mol. The van der Waals surface area contributed by atoms with Gasteiger partial charge < -0.3 is 14.7 Å². The van der Waals surface area contributed by atoms with Gasteiger partial charge in [-0.15, -0.1) is 0 Å². The van der Waals surface area contributed by atoms with Gasteiger partial charge in [-0.3, -0.25) is 4.90 Å². The molecule has 3 aliphatic heterocycles. The van der Waals surface area contributed by atoms with Gasteiger partial charge in [0, 0.05) is 38.8 Å². The smallest absolute Gasteiger partial charge is 0.169 e. The summed E-state index contributed by atoms with van der Waals surface area (Å²) in [6.45, 7) is 11.8. The van der Waals surface area contributed by atoms with Gasteiger partial charge in [0.1, 0.15) is 18.0 Å². The zero-order chi connectivity index (χ0) is 18.4. The highest BCUT2D eigenvalue weighted by molar-refractivity contribution is 5.40. The lowest BCUT2D eigenvalue weighted by Gasteiger charge is -2.28. The summed E-state index contributed by atoms with van der Waals surface area (Å²) in [5.41, 5.74) is 0.276. The normalized spacial score (nSPS) is 24.3. The van der Waals surface area contributed by atoms with Crippen molar-refractivity contribution in [1.82, 2.24) is 19.6 Å². The molecule has 3 rings (SSSR count). The molecule has 26 heavy (non-hydrogen) atoms. The first-order chi connectivity index (χ1) is 12.7. The Balaban J connectivity index is 1.57. The topological polar surface area (TPSA) is 60.5 Å². The Morgan fingerprint density at radius 1 is 0.885 bits per heavy atom. The van der Waals surface area contributed by atoms with Crippen LogP contribution in [-0.4, -0.2) is 84.5 Å². The molecule has 0 aromatic carbocycles. The van der Waals surface area contributed by atoms with Crippen LogP contribution in [0, 0.1) is 22.7 Å². The molecule has 0 N–H and O–H groups in total. The Kier molecular flexibility index (Phi) is 6.77. The summed E-state index contributed by atoms with van der Waals surface area (Å²) in [6.07, 6.45) is 6.32. The van der Waals surface area contributed by atoms with Crippen molar-refractivity contribution in [1.29, 1.82) is 10.5 Å². The molecule has 3 fully saturated rings. The lowest BCUT2D eigenvalue weighted by atomic mass is 10.2. The summed E-state index contributed by atoms with van der Waals surface area (Å²) in [5.74, 6) is 0.878. The number of likely N-dealkylation sites (tertiary alicyclic amines) is 2. The molecule has 0 amide bonds. The van der Waals surface area contributed by atoms with Crippen LogP contribution < -0.4 is 0 Å². The van der Waals surface area contributed by atoms with Gasteiger partial charge in [0.05, 0.1) is 0 Å². The highest BCUT2D eigenvalue weighted by Crippen LogP contribution is 2.23. The third-order valence-electron chi connectivity index (χ3n) is 6.13. The molecule has 1 atom stereocenters. The van der Waals surface area contributed by atoms with Gasteiger partial charge in [0.2, 0.25) is 0 Å². The highest BCUT2D eigenvalue weighted by atomic mass is 15.4. The van der Waals surface area contributed by atoms with E-state index in [1.54, 1.807) is 0 Å². The number of hydrogen-bond acceptors (Lipinski definition) is 6. The number of hydrogen-bond donors (Lipinski definition) is 0. The summed E-state index contributed by atoms with van der Waals surface area (Å²) >= 11 is 0. The summed E-state index contributed by atoms with van der Waals surface area (Å²) in [6, 6.07) is 4.93. The van der Waals surface area contributed by atoms with E-state index in [0.29, 0.717) is 6.04 Å². The second-order valence-corrected chi connectivity index (χ2v) is 7.83. The first kappa shape index (κ1) is 19.0. The molecule has 142 valence electrons. The van der Waals surface area contributed by atoms with E-state index in [1.807, 2.05) is 0 Å². The molecular formula is C20H32N6. The molecular weight excluding hydrogens is 324 g/mol. The van der Waals surface area contributed by atoms with Crippen LogP contribution in [-0.2, 0) is 0 Å². The Morgan fingerprint density at radius 3 is 2.19 bits per heavy atom. The van der Waals surface area contributed by atoms with Crippen molar-refractivity contribution in [3.05, 3.63) is 11.4 Å². The van der Waals surface area contributed by atoms with Crippen LogP contribution in [0.2, 0.25) is 0 Å². The molecule has 3 saturated heterocycles. The summed E-state index contributed by atoms with van der Waals surface area (Å²) in [5, 5.41) is 18.9. The van der Waals surface area contributed by atoms with Gasteiger partial charge in [-0.1, -0.05) is 0 Å². The molecule has 6 heteroatoms. The van der Waals surface area contributed by atoms with E-state index in [4.69, 9.17) is 0 Å². The molecule has 0 spiro atoms. The lowest BCUT2D eigenvalue weighted by Crippen LogP contribution is -2.36. The largest absolute Gasteiger partial charge is 0.355 e. The number of nitriles is 2. The Hall–Kier alpha value is -1.76. The minimum atomic E-state index is 0.276. The third kappa shape index (κ3) is 4.50. The minimum Gasteiger partial charge on any atom is -0.355 e. The maximum atomic E-state index is 9.44. The molecule has 0 radical (unpaired) electrons. The Labute approximate surface area is 158 Å². The van der Waals surface area contributed by atoms with Crippen molar-refractivity contribution in [3.8, 4) is 12.1 Å². The van der Waals surface area contributed by atoms with Crippen molar-refractivity contribution >= 4 is 0 Å². The SMILES string of the molecule is CC1CCCN1CCN1CCN(CCCN2CCCC2)C1=C(C#N)C#N. The third-order valence-corrected chi connectivity index (χ3v) is 6.13. The van der Waals surface area contributed by atoms with E-state index in [1.165, 1.54) is 45.3 Å². The average Bonchev–Trinajstić information content (AvgIpc) is 3.38. The molecule has 0 aromatic rings. The van der Waals surface area contributed by atoms with E-state index in [2.05, 4.69) is 38.7 Å². The van der Waals surface area contributed by atoms with E-state index in [-0.39, 0.29) is 5.57 Å². The predicted octanol–water partition coefficient (Wildman–Crippen LogP) is 1.83. The first-order valence-electron chi connectivity index (χ1n) is 10.2. The molecule has 0 bridgehead atoms. The van der Waals surface area contributed by atoms with Crippen LogP contribution in [0.15, 0.2) is 11.4 Å². The van der Waals surface area contributed by atoms with Crippen LogP contribution in [0.3, 0.4) is 0 Å². The number of nitrogens with zero attached hydrogens (tertiary/aromatic N) is 6. The number of rotatable bonds is 7. The standard InChI is InChI=1S/C20H32N6/c1-18-6-4-10-24(18)12-13-26-15-14-25(20(26)19(16-21)17-22)11-5-9-23-7-2-3-8-23/h18H,2-15H2,1H3. The fourth-order valence-electron chi connectivity index (χ4n) is 4.60. The Morgan fingerprint density at radius 2 is 1.58 bits per heavy atom. The fraction of sp³-hybridized carbons (Fsp3) is 0.800. The first-order valence-corrected chi connectivity index (χ1v) is 10.2. The molecule has 6 nitrogen and oxygen atoms in total. The van der Waals surface area contributed by atoms with Crippen molar-refractivity contribution in [3.63, 3.8) is 0 Å². The monoisotopic (exact) mass is 356 g/mol. The minimum absolute atomic E-state index is 0.276. The van der Waals surface area contributed by atoms with E-state index >= 15 is 0 Å². The molecule has 1 unspecified atom stereocenters. The molecule has 3 heterocycles. The van der Waals surface area contributed by atoms with Crippen LogP contribution in [0.25, 0.3) is 0 Å². The number of allylic oxidation sites excluding steroid dienone is 1. The quantitative estimate of drug-likeness (QED) is 0.649. The maximum Gasteiger partial charge on any atom is 0.169 e. The molecule has 0 saturated carbocycles. The highest BCUT2D eigenvalue weighted by Gasteiger charge is 2.29. The molecule has 0 aromatic heterocycles. The molecule has 3 aliphatic rings. The fourth-order valence-corrected chi connectivity index (χ4v) is 4.60. The maximum absolute atomic E-state index is 9.44. The summed E-state index contributed by atoms with van der Waals surface area (Å²) in [7, 11) is 0. The van der Waals surface area contributed by atoms with Gasteiger partial charge in [0.15, 0.2) is 5.57 Å². The van der Waals surface area contributed by atoms with Crippen LogP contribution in [0.5, 0.6) is 0 Å². The van der Waals surface area contributed by atoms with Crippen molar-refractivity contribution in [2.45, 2.75) is 45.1 Å². The van der Waals surface area contributed by atoms with Gasteiger partial charge >= 0.3 is 0 Å². The lowest BCUT2D eigenvalue weighted by molar-refractivity contribution is 0.227. The van der Waals surface area contributed by atoms with E-state index < -0.39 is 0 Å². The van der Waals surface area contributed by atoms with Crippen LogP contribution in [0.4, 0.5) is 0 Å². The van der Waals surface area contributed by atoms with Gasteiger partial charge in [-0.25, -0.2) is 0 Å². The van der Waals surface area contributed by atoms with E-state index in [9.17, 15) is 10.5 Å².